The van der Waals surface area contributed by atoms with Crippen LogP contribution < -0.4 is 5.32 Å². The Hall–Kier alpha value is -1.33. The number of hydrogen-bond donors (Lipinski definition) is 1. The average Bonchev–Trinajstić information content (AvgIpc) is 2.85. The molecule has 0 aromatic carbocycles. The third-order valence-corrected chi connectivity index (χ3v) is 2.31. The third-order valence-electron chi connectivity index (χ3n) is 2.11. The molecule has 0 spiro atoms. The number of hydrogen-bond acceptors (Lipinski definition) is 5. The van der Waals surface area contributed by atoms with Crippen LogP contribution in [0.2, 0.25) is 5.22 Å². The third kappa shape index (κ3) is 2.25. The van der Waals surface area contributed by atoms with E-state index in [2.05, 4.69) is 15.5 Å². The molecule has 2 rings (SSSR count). The average molecular weight is 242 g/mol. The topological polar surface area (TPSA) is 64.1 Å². The monoisotopic (exact) mass is 241 g/mol. The molecular formula is C10H12ClN3O2. The van der Waals surface area contributed by atoms with Gasteiger partial charge in [0.1, 0.15) is 0 Å². The highest BCUT2D eigenvalue weighted by Crippen LogP contribution is 2.24. The van der Waals surface area contributed by atoms with Gasteiger partial charge in [-0.15, -0.1) is 10.2 Å². The van der Waals surface area contributed by atoms with Crippen molar-refractivity contribution in [3.05, 3.63) is 23.2 Å². The quantitative estimate of drug-likeness (QED) is 0.892. The van der Waals surface area contributed by atoms with Crippen molar-refractivity contribution < 1.29 is 8.83 Å². The molecule has 1 N–H and O–H groups in total. The number of halogens is 1. The van der Waals surface area contributed by atoms with E-state index in [0.29, 0.717) is 22.8 Å². The summed E-state index contributed by atoms with van der Waals surface area (Å²) >= 11 is 5.66. The van der Waals surface area contributed by atoms with Crippen molar-refractivity contribution in [3.63, 3.8) is 0 Å². The summed E-state index contributed by atoms with van der Waals surface area (Å²) in [5, 5.41) is 11.3. The van der Waals surface area contributed by atoms with Crippen LogP contribution in [-0.4, -0.2) is 16.7 Å². The summed E-state index contributed by atoms with van der Waals surface area (Å²) in [5.41, 5.74) is 0. The molecule has 5 nitrogen and oxygen atoms in total. The van der Waals surface area contributed by atoms with E-state index in [0.717, 1.165) is 6.54 Å². The molecule has 1 atom stereocenters. The van der Waals surface area contributed by atoms with Gasteiger partial charge in [-0.2, -0.15) is 0 Å². The lowest BCUT2D eigenvalue weighted by atomic mass is 10.3. The molecule has 0 bridgehead atoms. The van der Waals surface area contributed by atoms with Crippen molar-refractivity contribution >= 4 is 11.6 Å². The van der Waals surface area contributed by atoms with Crippen LogP contribution in [-0.2, 0) is 0 Å². The summed E-state index contributed by atoms with van der Waals surface area (Å²) in [6.45, 7) is 4.81. The number of nitrogens with zero attached hydrogens (tertiary/aromatic N) is 2. The summed E-state index contributed by atoms with van der Waals surface area (Å²) in [6, 6.07) is 3.35. The van der Waals surface area contributed by atoms with E-state index >= 15 is 0 Å². The molecule has 0 amide bonds. The first kappa shape index (κ1) is 11.2. The molecule has 0 radical (unpaired) electrons. The minimum Gasteiger partial charge on any atom is -0.440 e. The minimum absolute atomic E-state index is 0.0247. The summed E-state index contributed by atoms with van der Waals surface area (Å²) in [7, 11) is 0. The molecule has 2 aromatic heterocycles. The van der Waals surface area contributed by atoms with E-state index in [-0.39, 0.29) is 6.04 Å². The fourth-order valence-electron chi connectivity index (χ4n) is 1.33. The van der Waals surface area contributed by atoms with Gasteiger partial charge in [-0.3, -0.25) is 0 Å². The van der Waals surface area contributed by atoms with Crippen LogP contribution in [0.25, 0.3) is 11.7 Å². The van der Waals surface area contributed by atoms with Gasteiger partial charge in [-0.05, 0) is 37.2 Å². The number of nitrogens with one attached hydrogen (secondary N) is 1. The van der Waals surface area contributed by atoms with Crippen LogP contribution >= 0.6 is 11.6 Å². The Balaban J connectivity index is 2.19. The van der Waals surface area contributed by atoms with Crippen molar-refractivity contribution in [2.45, 2.75) is 19.9 Å². The van der Waals surface area contributed by atoms with Crippen molar-refractivity contribution in [2.75, 3.05) is 6.54 Å². The van der Waals surface area contributed by atoms with E-state index < -0.39 is 0 Å². The SMILES string of the molecule is CCNC(C)c1nnc(-c2ccc(Cl)o2)o1. The van der Waals surface area contributed by atoms with E-state index in [1.54, 1.807) is 12.1 Å². The molecule has 16 heavy (non-hydrogen) atoms. The minimum atomic E-state index is 0.0247. The molecule has 0 saturated carbocycles. The lowest BCUT2D eigenvalue weighted by Gasteiger charge is -2.05. The van der Waals surface area contributed by atoms with Crippen LogP contribution in [0.1, 0.15) is 25.8 Å². The van der Waals surface area contributed by atoms with E-state index in [9.17, 15) is 0 Å². The van der Waals surface area contributed by atoms with Crippen LogP contribution in [0.4, 0.5) is 0 Å². The maximum atomic E-state index is 5.66. The van der Waals surface area contributed by atoms with Gasteiger partial charge >= 0.3 is 0 Å². The zero-order valence-corrected chi connectivity index (χ0v) is 9.78. The van der Waals surface area contributed by atoms with Crippen molar-refractivity contribution in [1.82, 2.24) is 15.5 Å². The van der Waals surface area contributed by atoms with E-state index in [1.165, 1.54) is 0 Å². The van der Waals surface area contributed by atoms with E-state index in [1.807, 2.05) is 13.8 Å². The Labute approximate surface area is 97.8 Å². The molecule has 6 heteroatoms. The van der Waals surface area contributed by atoms with Crippen molar-refractivity contribution in [3.8, 4) is 11.7 Å². The van der Waals surface area contributed by atoms with Crippen LogP contribution in [0.3, 0.4) is 0 Å². The highest BCUT2D eigenvalue weighted by Gasteiger charge is 2.15. The molecular weight excluding hydrogens is 230 g/mol. The Kier molecular flexibility index (Phi) is 3.26. The first-order valence-corrected chi connectivity index (χ1v) is 5.41. The molecule has 2 heterocycles. The van der Waals surface area contributed by atoms with Gasteiger partial charge in [0.15, 0.2) is 11.0 Å². The summed E-state index contributed by atoms with van der Waals surface area (Å²) in [6.07, 6.45) is 0. The first-order valence-electron chi connectivity index (χ1n) is 5.03. The Morgan fingerprint density at radius 2 is 2.19 bits per heavy atom. The van der Waals surface area contributed by atoms with Gasteiger partial charge in [-0.25, -0.2) is 0 Å². The van der Waals surface area contributed by atoms with E-state index in [4.69, 9.17) is 20.4 Å². The predicted molar refractivity (Wildman–Crippen MR) is 59.1 cm³/mol. The Morgan fingerprint density at radius 1 is 1.38 bits per heavy atom. The lowest BCUT2D eigenvalue weighted by Crippen LogP contribution is -2.17. The van der Waals surface area contributed by atoms with Gasteiger partial charge in [0.2, 0.25) is 5.89 Å². The largest absolute Gasteiger partial charge is 0.440 e. The highest BCUT2D eigenvalue weighted by molar-refractivity contribution is 6.28. The summed E-state index contributed by atoms with van der Waals surface area (Å²) < 4.78 is 10.6. The normalized spacial score (nSPS) is 12.9. The zero-order chi connectivity index (χ0) is 11.5. The molecule has 0 aliphatic rings. The predicted octanol–water partition coefficient (Wildman–Crippen LogP) is 2.65. The van der Waals surface area contributed by atoms with Gasteiger partial charge in [-0.1, -0.05) is 6.92 Å². The maximum absolute atomic E-state index is 5.66. The summed E-state index contributed by atoms with van der Waals surface area (Å²) in [4.78, 5) is 0. The molecule has 2 aromatic rings. The Bertz CT molecular complexity index is 466. The van der Waals surface area contributed by atoms with Gasteiger partial charge < -0.3 is 14.2 Å². The molecule has 86 valence electrons. The second kappa shape index (κ2) is 4.67. The maximum Gasteiger partial charge on any atom is 0.283 e. The molecule has 1 unspecified atom stereocenters. The van der Waals surface area contributed by atoms with Crippen LogP contribution in [0.15, 0.2) is 21.0 Å². The highest BCUT2D eigenvalue weighted by atomic mass is 35.5. The Morgan fingerprint density at radius 3 is 2.81 bits per heavy atom. The standard InChI is InChI=1S/C10H12ClN3O2/c1-3-12-6(2)9-13-14-10(16-9)7-4-5-8(11)15-7/h4-6,12H,3H2,1-2H3. The van der Waals surface area contributed by atoms with Crippen molar-refractivity contribution in [2.24, 2.45) is 0 Å². The van der Waals surface area contributed by atoms with Crippen LogP contribution in [0.5, 0.6) is 0 Å². The lowest BCUT2D eigenvalue weighted by molar-refractivity contribution is 0.420. The van der Waals surface area contributed by atoms with Gasteiger partial charge in [0, 0.05) is 0 Å². The second-order valence-electron chi connectivity index (χ2n) is 3.33. The number of furan rings is 1. The zero-order valence-electron chi connectivity index (χ0n) is 9.03. The molecule has 0 aliphatic heterocycles. The van der Waals surface area contributed by atoms with Crippen LogP contribution in [0, 0.1) is 0 Å². The van der Waals surface area contributed by atoms with Gasteiger partial charge in [0.05, 0.1) is 6.04 Å². The van der Waals surface area contributed by atoms with Crippen molar-refractivity contribution in [1.29, 1.82) is 0 Å². The molecule has 0 aliphatic carbocycles. The number of aromatic nitrogens is 2. The fraction of sp³-hybridized carbons (Fsp3) is 0.400. The first-order chi connectivity index (χ1) is 7.70. The smallest absolute Gasteiger partial charge is 0.283 e. The fourth-order valence-corrected chi connectivity index (χ4v) is 1.48. The second-order valence-corrected chi connectivity index (χ2v) is 3.70. The molecule has 0 saturated heterocycles. The number of rotatable bonds is 4. The molecule has 0 fully saturated rings. The van der Waals surface area contributed by atoms with Gasteiger partial charge in [0.25, 0.3) is 5.89 Å². The summed E-state index contributed by atoms with van der Waals surface area (Å²) in [5.74, 6) is 1.35.